The predicted octanol–water partition coefficient (Wildman–Crippen LogP) is 3.93. The molecule has 1 spiro atoms. The lowest BCUT2D eigenvalue weighted by Gasteiger charge is -2.58. The third kappa shape index (κ3) is 2.23. The zero-order valence-electron chi connectivity index (χ0n) is 14.2. The molecule has 1 saturated carbocycles. The van der Waals surface area contributed by atoms with Gasteiger partial charge in [-0.15, -0.1) is 6.58 Å². The molecule has 0 amide bonds. The Morgan fingerprint density at radius 3 is 2.48 bits per heavy atom. The van der Waals surface area contributed by atoms with Gasteiger partial charge in [-0.05, 0) is 29.9 Å². The van der Waals surface area contributed by atoms with Crippen molar-refractivity contribution in [3.8, 4) is 0 Å². The monoisotopic (exact) mass is 318 g/mol. The molecule has 2 heterocycles. The summed E-state index contributed by atoms with van der Waals surface area (Å²) < 4.78 is 17.6. The molecule has 0 bridgehead atoms. The van der Waals surface area contributed by atoms with Crippen LogP contribution in [0.5, 0.6) is 0 Å². The van der Waals surface area contributed by atoms with Gasteiger partial charge >= 0.3 is 0 Å². The second-order valence-corrected chi connectivity index (χ2v) is 7.52. The Labute approximate surface area is 137 Å². The zero-order valence-corrected chi connectivity index (χ0v) is 14.2. The number of hydrogen-bond acceptors (Lipinski definition) is 4. The number of carbonyl (C=O) groups excluding carboxylic acids is 1. The van der Waals surface area contributed by atoms with Crippen molar-refractivity contribution in [3.05, 3.63) is 36.8 Å². The minimum Gasteiger partial charge on any atom is -0.469 e. The maximum Gasteiger partial charge on any atom is 0.174 e. The molecule has 3 atom stereocenters. The molecule has 1 aromatic rings. The van der Waals surface area contributed by atoms with Crippen molar-refractivity contribution in [2.45, 2.75) is 45.3 Å². The minimum atomic E-state index is -0.581. The average Bonchev–Trinajstić information content (AvgIpc) is 3.18. The summed E-state index contributed by atoms with van der Waals surface area (Å²) >= 11 is 0. The van der Waals surface area contributed by atoms with Gasteiger partial charge in [0.1, 0.15) is 12.0 Å². The lowest BCUT2D eigenvalue weighted by atomic mass is 9.50. The summed E-state index contributed by atoms with van der Waals surface area (Å²) in [4.78, 5) is 11.9. The Hall–Kier alpha value is -1.39. The van der Waals surface area contributed by atoms with Crippen LogP contribution in [0.25, 0.3) is 0 Å². The van der Waals surface area contributed by atoms with Crippen molar-refractivity contribution in [3.63, 3.8) is 0 Å². The van der Waals surface area contributed by atoms with Crippen LogP contribution >= 0.6 is 0 Å². The largest absolute Gasteiger partial charge is 0.469 e. The fourth-order valence-electron chi connectivity index (χ4n) is 4.87. The van der Waals surface area contributed by atoms with Gasteiger partial charge in [-0.2, -0.15) is 0 Å². The lowest BCUT2D eigenvalue weighted by molar-refractivity contribution is -0.277. The van der Waals surface area contributed by atoms with Gasteiger partial charge in [0, 0.05) is 11.8 Å². The fourth-order valence-corrected chi connectivity index (χ4v) is 4.87. The Morgan fingerprint density at radius 2 is 1.96 bits per heavy atom. The Morgan fingerprint density at radius 1 is 1.26 bits per heavy atom. The van der Waals surface area contributed by atoms with Crippen LogP contribution in [-0.2, 0) is 14.3 Å². The van der Waals surface area contributed by atoms with Crippen molar-refractivity contribution in [1.82, 2.24) is 0 Å². The summed E-state index contributed by atoms with van der Waals surface area (Å²) in [6.45, 7) is 11.8. The first kappa shape index (κ1) is 16.5. The summed E-state index contributed by atoms with van der Waals surface area (Å²) in [6, 6.07) is 3.71. The van der Waals surface area contributed by atoms with Gasteiger partial charge in [0.05, 0.1) is 25.4 Å². The molecule has 23 heavy (non-hydrogen) atoms. The van der Waals surface area contributed by atoms with Gasteiger partial charge < -0.3 is 18.7 Å². The SMILES string of the molecule is C=C[C@H]1C(C)(C)C2(CC[C@]1(C)[C@H](C=O)c1ccco1)OCCO2. The first-order chi connectivity index (χ1) is 10.9. The van der Waals surface area contributed by atoms with Crippen LogP contribution in [-0.4, -0.2) is 25.3 Å². The van der Waals surface area contributed by atoms with E-state index >= 15 is 0 Å². The molecule has 4 nitrogen and oxygen atoms in total. The first-order valence-electron chi connectivity index (χ1n) is 8.30. The number of ether oxygens (including phenoxy) is 2. The van der Waals surface area contributed by atoms with E-state index in [1.54, 1.807) is 6.26 Å². The topological polar surface area (TPSA) is 48.7 Å². The molecule has 1 aliphatic heterocycles. The molecule has 1 aromatic heterocycles. The highest BCUT2D eigenvalue weighted by atomic mass is 16.7. The molecule has 2 fully saturated rings. The fraction of sp³-hybridized carbons (Fsp3) is 0.632. The molecule has 0 aromatic carbocycles. The van der Waals surface area contributed by atoms with Crippen LogP contribution in [0.4, 0.5) is 0 Å². The molecular weight excluding hydrogens is 292 g/mol. The summed E-state index contributed by atoms with van der Waals surface area (Å²) in [5.74, 6) is -0.114. The number of furan rings is 1. The number of carbonyl (C=O) groups is 1. The summed E-state index contributed by atoms with van der Waals surface area (Å²) in [6.07, 6.45) is 6.19. The second kappa shape index (κ2) is 5.60. The summed E-state index contributed by atoms with van der Waals surface area (Å²) in [5, 5.41) is 0. The highest BCUT2D eigenvalue weighted by Gasteiger charge is 2.63. The van der Waals surface area contributed by atoms with Crippen molar-refractivity contribution in [2.75, 3.05) is 13.2 Å². The first-order valence-corrected chi connectivity index (χ1v) is 8.30. The highest BCUT2D eigenvalue weighted by Crippen LogP contribution is 2.62. The Kier molecular flexibility index (Phi) is 4.01. The highest BCUT2D eigenvalue weighted by molar-refractivity contribution is 5.62. The van der Waals surface area contributed by atoms with Crippen LogP contribution in [0.3, 0.4) is 0 Å². The van der Waals surface area contributed by atoms with Gasteiger partial charge in [-0.1, -0.05) is 26.8 Å². The Balaban J connectivity index is 2.03. The lowest BCUT2D eigenvalue weighted by Crippen LogP contribution is -2.59. The quantitative estimate of drug-likeness (QED) is 0.623. The number of hydrogen-bond donors (Lipinski definition) is 0. The standard InChI is InChI=1S/C19H26O4/c1-5-16-17(2,3)19(22-11-12-23-19)9-8-18(16,4)14(13-20)15-7-6-10-21-15/h5-7,10,13-14,16H,1,8-9,11-12H2,2-4H3/t14-,16+,18-/m1/s1. The van der Waals surface area contributed by atoms with E-state index in [9.17, 15) is 4.79 Å². The molecule has 4 heteroatoms. The zero-order chi connectivity index (χ0) is 16.7. The molecule has 1 saturated heterocycles. The summed E-state index contributed by atoms with van der Waals surface area (Å²) in [7, 11) is 0. The summed E-state index contributed by atoms with van der Waals surface area (Å²) in [5.41, 5.74) is -0.572. The van der Waals surface area contributed by atoms with E-state index in [2.05, 4.69) is 27.4 Å². The average molecular weight is 318 g/mol. The molecule has 2 aliphatic rings. The van der Waals surface area contributed by atoms with Crippen LogP contribution in [0.2, 0.25) is 0 Å². The van der Waals surface area contributed by atoms with Crippen LogP contribution in [0.1, 0.15) is 45.3 Å². The van der Waals surface area contributed by atoms with E-state index in [-0.39, 0.29) is 22.7 Å². The molecule has 0 N–H and O–H groups in total. The van der Waals surface area contributed by atoms with E-state index in [4.69, 9.17) is 13.9 Å². The van der Waals surface area contributed by atoms with Crippen molar-refractivity contribution in [1.29, 1.82) is 0 Å². The van der Waals surface area contributed by atoms with Crippen LogP contribution in [0.15, 0.2) is 35.5 Å². The third-order valence-electron chi connectivity index (χ3n) is 6.15. The molecular formula is C19H26O4. The van der Waals surface area contributed by atoms with Gasteiger partial charge in [0.15, 0.2) is 5.79 Å². The smallest absolute Gasteiger partial charge is 0.174 e. The maximum atomic E-state index is 11.9. The second-order valence-electron chi connectivity index (χ2n) is 7.52. The van der Waals surface area contributed by atoms with Crippen LogP contribution < -0.4 is 0 Å². The molecule has 3 rings (SSSR count). The van der Waals surface area contributed by atoms with Crippen molar-refractivity contribution >= 4 is 6.29 Å². The van der Waals surface area contributed by atoms with E-state index in [0.717, 1.165) is 19.1 Å². The number of allylic oxidation sites excluding steroid dienone is 1. The number of aldehydes is 1. The van der Waals surface area contributed by atoms with Gasteiger partial charge in [0.25, 0.3) is 0 Å². The van der Waals surface area contributed by atoms with E-state index < -0.39 is 5.79 Å². The van der Waals surface area contributed by atoms with Crippen molar-refractivity contribution < 1.29 is 18.7 Å². The van der Waals surface area contributed by atoms with E-state index in [1.165, 1.54) is 0 Å². The minimum absolute atomic E-state index is 0.0575. The van der Waals surface area contributed by atoms with E-state index in [0.29, 0.717) is 19.0 Å². The normalized spacial score (nSPS) is 33.4. The molecule has 0 unspecified atom stereocenters. The Bertz CT molecular complexity index is 568. The molecule has 126 valence electrons. The van der Waals surface area contributed by atoms with Crippen molar-refractivity contribution in [2.24, 2.45) is 16.7 Å². The predicted molar refractivity (Wildman–Crippen MR) is 87.0 cm³/mol. The number of rotatable bonds is 4. The van der Waals surface area contributed by atoms with Gasteiger partial charge in [-0.3, -0.25) is 0 Å². The van der Waals surface area contributed by atoms with Gasteiger partial charge in [0.2, 0.25) is 0 Å². The molecule has 0 radical (unpaired) electrons. The third-order valence-corrected chi connectivity index (χ3v) is 6.15. The van der Waals surface area contributed by atoms with E-state index in [1.807, 2.05) is 18.2 Å². The van der Waals surface area contributed by atoms with Crippen LogP contribution in [0, 0.1) is 16.7 Å². The van der Waals surface area contributed by atoms with Gasteiger partial charge in [-0.25, -0.2) is 0 Å². The molecule has 1 aliphatic carbocycles. The maximum absolute atomic E-state index is 11.9.